The summed E-state index contributed by atoms with van der Waals surface area (Å²) in [7, 11) is 1.94. The van der Waals surface area contributed by atoms with Gasteiger partial charge in [-0.05, 0) is 24.6 Å². The van der Waals surface area contributed by atoms with Crippen molar-refractivity contribution in [2.24, 2.45) is 0 Å². The monoisotopic (exact) mass is 319 g/mol. The average Bonchev–Trinajstić information content (AvgIpc) is 2.64. The van der Waals surface area contributed by atoms with E-state index in [-0.39, 0.29) is 6.04 Å². The molecule has 0 saturated carbocycles. The largest absolute Gasteiger partial charge is 0.393 e. The van der Waals surface area contributed by atoms with Gasteiger partial charge >= 0.3 is 0 Å². The van der Waals surface area contributed by atoms with E-state index >= 15 is 0 Å². The van der Waals surface area contributed by atoms with E-state index in [1.807, 2.05) is 60.5 Å². The Morgan fingerprint density at radius 3 is 2.25 bits per heavy atom. The van der Waals surface area contributed by atoms with E-state index in [0.29, 0.717) is 17.3 Å². The number of hydrogen-bond donors (Lipinski definition) is 2. The summed E-state index contributed by atoms with van der Waals surface area (Å²) in [5.41, 5.74) is 9.05. The molecule has 3 N–H and O–H groups in total. The van der Waals surface area contributed by atoms with Gasteiger partial charge in [-0.3, -0.25) is 0 Å². The highest BCUT2D eigenvalue weighted by Crippen LogP contribution is 2.31. The van der Waals surface area contributed by atoms with Crippen LogP contribution in [-0.4, -0.2) is 17.0 Å². The molecule has 1 atom stereocenters. The van der Waals surface area contributed by atoms with Crippen molar-refractivity contribution in [2.75, 3.05) is 23.0 Å². The van der Waals surface area contributed by atoms with Crippen molar-refractivity contribution in [2.45, 2.75) is 13.0 Å². The number of nitrogens with one attached hydrogen (secondary N) is 1. The first-order chi connectivity index (χ1) is 11.7. The third-order valence-electron chi connectivity index (χ3n) is 3.98. The first-order valence-corrected chi connectivity index (χ1v) is 7.87. The molecule has 0 fully saturated rings. The molecule has 0 bridgehead atoms. The lowest BCUT2D eigenvalue weighted by Gasteiger charge is -2.22. The standard InChI is InChI=1S/C19H21N5/c1-14(15-9-5-3-6-10-15)23-18-17(20)19(22-13-21-18)24(2)16-11-7-4-8-12-16/h3-14H,20H2,1-2H3,(H,21,22,23). The third kappa shape index (κ3) is 3.30. The van der Waals surface area contributed by atoms with E-state index in [1.165, 1.54) is 11.9 Å². The van der Waals surface area contributed by atoms with Gasteiger partial charge in [0.1, 0.15) is 12.0 Å². The number of anilines is 4. The van der Waals surface area contributed by atoms with Crippen molar-refractivity contribution < 1.29 is 0 Å². The first kappa shape index (κ1) is 15.8. The van der Waals surface area contributed by atoms with Gasteiger partial charge in [-0.15, -0.1) is 0 Å². The van der Waals surface area contributed by atoms with Crippen LogP contribution >= 0.6 is 0 Å². The van der Waals surface area contributed by atoms with Gasteiger partial charge in [0.2, 0.25) is 0 Å². The van der Waals surface area contributed by atoms with Crippen molar-refractivity contribution in [3.05, 3.63) is 72.6 Å². The molecule has 0 spiro atoms. The van der Waals surface area contributed by atoms with Gasteiger partial charge in [-0.2, -0.15) is 0 Å². The van der Waals surface area contributed by atoms with Crippen molar-refractivity contribution in [1.82, 2.24) is 9.97 Å². The number of nitrogen functional groups attached to an aromatic ring is 1. The number of hydrogen-bond acceptors (Lipinski definition) is 5. The predicted molar refractivity (Wildman–Crippen MR) is 99.4 cm³/mol. The second-order valence-electron chi connectivity index (χ2n) is 5.63. The lowest BCUT2D eigenvalue weighted by Crippen LogP contribution is -2.16. The molecule has 3 rings (SSSR count). The van der Waals surface area contributed by atoms with E-state index < -0.39 is 0 Å². The zero-order valence-corrected chi connectivity index (χ0v) is 13.8. The first-order valence-electron chi connectivity index (χ1n) is 7.87. The van der Waals surface area contributed by atoms with Crippen LogP contribution in [0.5, 0.6) is 0 Å². The Kier molecular flexibility index (Phi) is 4.61. The molecular formula is C19H21N5. The minimum Gasteiger partial charge on any atom is -0.393 e. The van der Waals surface area contributed by atoms with Crippen molar-refractivity contribution in [3.63, 3.8) is 0 Å². The molecule has 1 aromatic heterocycles. The molecule has 2 aromatic carbocycles. The second-order valence-corrected chi connectivity index (χ2v) is 5.63. The summed E-state index contributed by atoms with van der Waals surface area (Å²) in [5, 5.41) is 3.37. The molecule has 0 aliphatic heterocycles. The van der Waals surface area contributed by atoms with Gasteiger partial charge in [-0.1, -0.05) is 48.5 Å². The fourth-order valence-corrected chi connectivity index (χ4v) is 2.57. The van der Waals surface area contributed by atoms with Crippen LogP contribution < -0.4 is 16.0 Å². The summed E-state index contributed by atoms with van der Waals surface area (Å²) < 4.78 is 0. The lowest BCUT2D eigenvalue weighted by molar-refractivity contribution is 0.872. The summed E-state index contributed by atoms with van der Waals surface area (Å²) >= 11 is 0. The summed E-state index contributed by atoms with van der Waals surface area (Å²) in [6.45, 7) is 2.08. The maximum Gasteiger partial charge on any atom is 0.161 e. The second kappa shape index (κ2) is 7.00. The van der Waals surface area contributed by atoms with E-state index in [9.17, 15) is 0 Å². The molecular weight excluding hydrogens is 298 g/mol. The Bertz CT molecular complexity index is 789. The molecule has 24 heavy (non-hydrogen) atoms. The van der Waals surface area contributed by atoms with Gasteiger partial charge in [0.15, 0.2) is 11.6 Å². The molecule has 3 aromatic rings. The SMILES string of the molecule is CC(Nc1ncnc(N(C)c2ccccc2)c1N)c1ccccc1. The zero-order valence-electron chi connectivity index (χ0n) is 13.8. The Morgan fingerprint density at radius 2 is 1.58 bits per heavy atom. The van der Waals surface area contributed by atoms with Crippen LogP contribution in [0.3, 0.4) is 0 Å². The number of rotatable bonds is 5. The number of nitrogens with zero attached hydrogens (tertiary/aromatic N) is 3. The van der Waals surface area contributed by atoms with Crippen LogP contribution in [0, 0.1) is 0 Å². The summed E-state index contributed by atoms with van der Waals surface area (Å²) in [6.07, 6.45) is 1.53. The minimum atomic E-state index is 0.0956. The molecule has 1 heterocycles. The molecule has 0 saturated heterocycles. The van der Waals surface area contributed by atoms with Crippen molar-refractivity contribution in [1.29, 1.82) is 0 Å². The van der Waals surface area contributed by atoms with Gasteiger partial charge < -0.3 is 16.0 Å². The van der Waals surface area contributed by atoms with Crippen LogP contribution in [0.4, 0.5) is 23.0 Å². The predicted octanol–water partition coefficient (Wildman–Crippen LogP) is 4.00. The topological polar surface area (TPSA) is 67.1 Å². The molecule has 5 heteroatoms. The Balaban J connectivity index is 1.86. The lowest BCUT2D eigenvalue weighted by atomic mass is 10.1. The zero-order chi connectivity index (χ0) is 16.9. The van der Waals surface area contributed by atoms with Gasteiger partial charge in [0, 0.05) is 12.7 Å². The van der Waals surface area contributed by atoms with Gasteiger partial charge in [-0.25, -0.2) is 9.97 Å². The smallest absolute Gasteiger partial charge is 0.161 e. The fraction of sp³-hybridized carbons (Fsp3) is 0.158. The molecule has 0 amide bonds. The molecule has 1 unspecified atom stereocenters. The minimum absolute atomic E-state index is 0.0956. The highest BCUT2D eigenvalue weighted by molar-refractivity contribution is 5.78. The summed E-state index contributed by atoms with van der Waals surface area (Å²) in [5.74, 6) is 1.32. The van der Waals surface area contributed by atoms with Crippen LogP contribution in [0.2, 0.25) is 0 Å². The molecule has 5 nitrogen and oxygen atoms in total. The number of aromatic nitrogens is 2. The van der Waals surface area contributed by atoms with Crippen molar-refractivity contribution in [3.8, 4) is 0 Å². The van der Waals surface area contributed by atoms with Gasteiger partial charge in [0.05, 0.1) is 6.04 Å². The van der Waals surface area contributed by atoms with E-state index in [1.54, 1.807) is 0 Å². The summed E-state index contributed by atoms with van der Waals surface area (Å²) in [6, 6.07) is 20.3. The van der Waals surface area contributed by atoms with E-state index in [0.717, 1.165) is 5.69 Å². The quantitative estimate of drug-likeness (QED) is 0.744. The molecule has 0 radical (unpaired) electrons. The molecule has 122 valence electrons. The van der Waals surface area contributed by atoms with Crippen LogP contribution in [0.25, 0.3) is 0 Å². The fourth-order valence-electron chi connectivity index (χ4n) is 2.57. The van der Waals surface area contributed by atoms with Crippen LogP contribution in [-0.2, 0) is 0 Å². The molecule has 0 aliphatic carbocycles. The third-order valence-corrected chi connectivity index (χ3v) is 3.98. The maximum atomic E-state index is 6.32. The van der Waals surface area contributed by atoms with Crippen LogP contribution in [0.1, 0.15) is 18.5 Å². The summed E-state index contributed by atoms with van der Waals surface area (Å²) in [4.78, 5) is 10.6. The van der Waals surface area contributed by atoms with Crippen molar-refractivity contribution >= 4 is 23.0 Å². The van der Waals surface area contributed by atoms with Gasteiger partial charge in [0.25, 0.3) is 0 Å². The number of benzene rings is 2. The average molecular weight is 319 g/mol. The van der Waals surface area contributed by atoms with Crippen LogP contribution in [0.15, 0.2) is 67.0 Å². The molecule has 0 aliphatic rings. The number of para-hydroxylation sites is 1. The maximum absolute atomic E-state index is 6.32. The normalized spacial score (nSPS) is 11.8. The van der Waals surface area contributed by atoms with E-state index in [4.69, 9.17) is 5.73 Å². The highest BCUT2D eigenvalue weighted by Gasteiger charge is 2.15. The Hall–Kier alpha value is -3.08. The highest BCUT2D eigenvalue weighted by atomic mass is 15.2. The Labute approximate surface area is 142 Å². The number of nitrogens with two attached hydrogens (primary N) is 1. The van der Waals surface area contributed by atoms with E-state index in [2.05, 4.69) is 34.3 Å². The Morgan fingerprint density at radius 1 is 0.958 bits per heavy atom.